The summed E-state index contributed by atoms with van der Waals surface area (Å²) in [6.07, 6.45) is 0. The van der Waals surface area contributed by atoms with Crippen molar-refractivity contribution in [3.63, 3.8) is 0 Å². The van der Waals surface area contributed by atoms with Crippen LogP contribution < -0.4 is 19.5 Å². The van der Waals surface area contributed by atoms with Gasteiger partial charge in [-0.15, -0.1) is 0 Å². The van der Waals surface area contributed by atoms with E-state index < -0.39 is 17.8 Å². The lowest BCUT2D eigenvalue weighted by Gasteiger charge is -2.14. The third-order valence-corrected chi connectivity index (χ3v) is 3.61. The number of amides is 1. The van der Waals surface area contributed by atoms with E-state index in [0.29, 0.717) is 5.75 Å². The van der Waals surface area contributed by atoms with Gasteiger partial charge in [0.25, 0.3) is 5.91 Å². The number of rotatable bonds is 7. The third kappa shape index (κ3) is 4.27. The van der Waals surface area contributed by atoms with E-state index in [1.807, 2.05) is 0 Å². The summed E-state index contributed by atoms with van der Waals surface area (Å²) < 4.78 is 15.5. The molecular weight excluding hydrogens is 358 g/mol. The number of carboxylic acids is 2. The number of benzene rings is 2. The molecule has 9 nitrogen and oxygen atoms in total. The Morgan fingerprint density at radius 3 is 1.59 bits per heavy atom. The molecule has 2 aromatic carbocycles. The summed E-state index contributed by atoms with van der Waals surface area (Å²) in [5.41, 5.74) is -0.377. The average molecular weight is 375 g/mol. The van der Waals surface area contributed by atoms with Crippen molar-refractivity contribution in [1.29, 1.82) is 0 Å². The first-order valence-electron chi connectivity index (χ1n) is 7.53. The first-order chi connectivity index (χ1) is 12.8. The van der Waals surface area contributed by atoms with Crippen molar-refractivity contribution in [2.24, 2.45) is 0 Å². The molecule has 0 bridgehead atoms. The van der Waals surface area contributed by atoms with Crippen LogP contribution in [-0.4, -0.2) is 49.4 Å². The maximum absolute atomic E-state index is 12.6. The molecule has 0 aliphatic heterocycles. The van der Waals surface area contributed by atoms with Gasteiger partial charge in [0.05, 0.1) is 32.5 Å². The van der Waals surface area contributed by atoms with Crippen LogP contribution in [0.4, 0.5) is 5.69 Å². The molecule has 0 radical (unpaired) electrons. The van der Waals surface area contributed by atoms with Crippen molar-refractivity contribution in [2.45, 2.75) is 0 Å². The Labute approximate surface area is 154 Å². The lowest BCUT2D eigenvalue weighted by Crippen LogP contribution is -2.14. The zero-order valence-electron chi connectivity index (χ0n) is 14.7. The highest BCUT2D eigenvalue weighted by molar-refractivity contribution is 6.06. The third-order valence-electron chi connectivity index (χ3n) is 3.61. The molecule has 0 aliphatic rings. The number of carbonyl (C=O) groups excluding carboxylic acids is 1. The standard InChI is InChI=1S/C18H17NO8/c1-25-13-7-9(8-14(26-2)15(13)27-3)16(20)19-12-5-10(17(21)22)4-11(6-12)18(23)24/h4-8H,1-3H3,(H,19,20)(H,21,22)(H,23,24). The molecule has 0 saturated carbocycles. The van der Waals surface area contributed by atoms with Gasteiger partial charge in [-0.2, -0.15) is 0 Å². The second-order valence-electron chi connectivity index (χ2n) is 5.28. The number of hydrogen-bond donors (Lipinski definition) is 3. The molecule has 2 rings (SSSR count). The second-order valence-corrected chi connectivity index (χ2v) is 5.28. The molecule has 9 heteroatoms. The van der Waals surface area contributed by atoms with Crippen molar-refractivity contribution in [3.8, 4) is 17.2 Å². The maximum atomic E-state index is 12.6. The lowest BCUT2D eigenvalue weighted by molar-refractivity contribution is 0.0696. The van der Waals surface area contributed by atoms with Crippen molar-refractivity contribution >= 4 is 23.5 Å². The summed E-state index contributed by atoms with van der Waals surface area (Å²) in [4.78, 5) is 34.9. The number of aromatic carboxylic acids is 2. The summed E-state index contributed by atoms with van der Waals surface area (Å²) in [5.74, 6) is -2.44. The molecule has 0 unspecified atom stereocenters. The van der Waals surface area contributed by atoms with E-state index in [9.17, 15) is 14.4 Å². The molecule has 0 heterocycles. The van der Waals surface area contributed by atoms with Gasteiger partial charge in [-0.25, -0.2) is 9.59 Å². The Balaban J connectivity index is 2.43. The van der Waals surface area contributed by atoms with Crippen LogP contribution in [0.1, 0.15) is 31.1 Å². The quantitative estimate of drug-likeness (QED) is 0.672. The summed E-state index contributed by atoms with van der Waals surface area (Å²) in [5, 5.41) is 20.7. The van der Waals surface area contributed by atoms with Crippen molar-refractivity contribution in [1.82, 2.24) is 0 Å². The van der Waals surface area contributed by atoms with E-state index in [0.717, 1.165) is 18.2 Å². The van der Waals surface area contributed by atoms with E-state index in [1.165, 1.54) is 33.5 Å². The highest BCUT2D eigenvalue weighted by Gasteiger charge is 2.18. The predicted octanol–water partition coefficient (Wildman–Crippen LogP) is 2.36. The second kappa shape index (κ2) is 8.09. The first kappa shape index (κ1) is 19.6. The van der Waals surface area contributed by atoms with Crippen LogP contribution in [0.3, 0.4) is 0 Å². The van der Waals surface area contributed by atoms with Crippen LogP contribution in [0.5, 0.6) is 17.2 Å². The van der Waals surface area contributed by atoms with Gasteiger partial charge >= 0.3 is 11.9 Å². The Morgan fingerprint density at radius 2 is 1.22 bits per heavy atom. The minimum absolute atomic E-state index is 0.0195. The summed E-state index contributed by atoms with van der Waals surface area (Å²) in [6, 6.07) is 6.14. The topological polar surface area (TPSA) is 131 Å². The predicted molar refractivity (Wildman–Crippen MR) is 94.4 cm³/mol. The van der Waals surface area contributed by atoms with Crippen LogP contribution in [0.2, 0.25) is 0 Å². The number of anilines is 1. The summed E-state index contributed by atoms with van der Waals surface area (Å²) in [7, 11) is 4.22. The number of hydrogen-bond acceptors (Lipinski definition) is 6. The van der Waals surface area contributed by atoms with Crippen LogP contribution in [0, 0.1) is 0 Å². The Hall–Kier alpha value is -3.75. The maximum Gasteiger partial charge on any atom is 0.335 e. The zero-order valence-corrected chi connectivity index (χ0v) is 14.7. The van der Waals surface area contributed by atoms with E-state index in [-0.39, 0.29) is 33.9 Å². The Bertz CT molecular complexity index is 849. The normalized spacial score (nSPS) is 10.0. The molecular formula is C18H17NO8. The van der Waals surface area contributed by atoms with Gasteiger partial charge in [0, 0.05) is 11.3 Å². The van der Waals surface area contributed by atoms with E-state index in [1.54, 1.807) is 0 Å². The first-order valence-corrected chi connectivity index (χ1v) is 7.53. The van der Waals surface area contributed by atoms with Crippen molar-refractivity contribution in [3.05, 3.63) is 47.0 Å². The molecule has 0 atom stereocenters. The monoisotopic (exact) mass is 375 g/mol. The SMILES string of the molecule is COc1cc(C(=O)Nc2cc(C(=O)O)cc(C(=O)O)c2)cc(OC)c1OC. The van der Waals surface area contributed by atoms with Crippen LogP contribution in [0.25, 0.3) is 0 Å². The van der Waals surface area contributed by atoms with Crippen molar-refractivity contribution in [2.75, 3.05) is 26.6 Å². The highest BCUT2D eigenvalue weighted by Crippen LogP contribution is 2.38. The van der Waals surface area contributed by atoms with Gasteiger partial charge in [0.15, 0.2) is 11.5 Å². The molecule has 2 aromatic rings. The molecule has 0 aliphatic carbocycles. The average Bonchev–Trinajstić information content (AvgIpc) is 2.66. The van der Waals surface area contributed by atoms with Crippen LogP contribution >= 0.6 is 0 Å². The van der Waals surface area contributed by atoms with Gasteiger partial charge in [-0.1, -0.05) is 0 Å². The molecule has 3 N–H and O–H groups in total. The van der Waals surface area contributed by atoms with Gasteiger partial charge in [0.1, 0.15) is 0 Å². The lowest BCUT2D eigenvalue weighted by atomic mass is 10.1. The number of carbonyl (C=O) groups is 3. The van der Waals surface area contributed by atoms with Crippen LogP contribution in [-0.2, 0) is 0 Å². The van der Waals surface area contributed by atoms with Crippen LogP contribution in [0.15, 0.2) is 30.3 Å². The minimum atomic E-state index is -1.32. The summed E-state index contributed by atoms with van der Waals surface area (Å²) in [6.45, 7) is 0. The van der Waals surface area contributed by atoms with E-state index in [2.05, 4.69) is 5.32 Å². The van der Waals surface area contributed by atoms with E-state index in [4.69, 9.17) is 24.4 Å². The largest absolute Gasteiger partial charge is 0.493 e. The van der Waals surface area contributed by atoms with E-state index >= 15 is 0 Å². The van der Waals surface area contributed by atoms with Crippen molar-refractivity contribution < 1.29 is 38.8 Å². The van der Waals surface area contributed by atoms with Gasteiger partial charge < -0.3 is 29.7 Å². The molecule has 0 aromatic heterocycles. The van der Waals surface area contributed by atoms with Gasteiger partial charge in [0.2, 0.25) is 5.75 Å². The van der Waals surface area contributed by atoms with Gasteiger partial charge in [-0.3, -0.25) is 4.79 Å². The molecule has 27 heavy (non-hydrogen) atoms. The molecule has 0 fully saturated rings. The number of carboxylic acid groups (broad SMARTS) is 2. The Morgan fingerprint density at radius 1 is 0.741 bits per heavy atom. The van der Waals surface area contributed by atoms with Gasteiger partial charge in [-0.05, 0) is 30.3 Å². The molecule has 0 spiro atoms. The fraction of sp³-hybridized carbons (Fsp3) is 0.167. The summed E-state index contributed by atoms with van der Waals surface area (Å²) >= 11 is 0. The molecule has 142 valence electrons. The fourth-order valence-corrected chi connectivity index (χ4v) is 2.36. The number of methoxy groups -OCH3 is 3. The number of nitrogens with one attached hydrogen (secondary N) is 1. The highest BCUT2D eigenvalue weighted by atomic mass is 16.5. The molecule has 0 saturated heterocycles. The zero-order chi connectivity index (χ0) is 20.1. The molecule has 1 amide bonds. The minimum Gasteiger partial charge on any atom is -0.493 e. The smallest absolute Gasteiger partial charge is 0.335 e. The fourth-order valence-electron chi connectivity index (χ4n) is 2.36. The Kier molecular flexibility index (Phi) is 5.86. The number of ether oxygens (including phenoxy) is 3.